The van der Waals surface area contributed by atoms with Crippen molar-refractivity contribution in [3.05, 3.63) is 54.6 Å². The molecule has 0 heterocycles. The topological polar surface area (TPSA) is 38.3 Å². The summed E-state index contributed by atoms with van der Waals surface area (Å²) in [6.45, 7) is 6.00. The standard InChI is InChI=1S/C17H19NO2/c1-4-9-18-17(19)12(2)13-5-6-15-11-16(20-3)8-7-14(15)10-13/h4-8,10-12H,1,9H2,2-3H3,(H,18,19). The van der Waals surface area contributed by atoms with Gasteiger partial charge in [-0.05, 0) is 35.4 Å². The van der Waals surface area contributed by atoms with Gasteiger partial charge in [0.15, 0.2) is 0 Å². The van der Waals surface area contributed by atoms with Crippen molar-refractivity contribution in [1.29, 1.82) is 0 Å². The second-order valence-electron chi connectivity index (χ2n) is 4.73. The Hall–Kier alpha value is -2.29. The van der Waals surface area contributed by atoms with Gasteiger partial charge >= 0.3 is 0 Å². The number of methoxy groups -OCH3 is 1. The van der Waals surface area contributed by atoms with Crippen LogP contribution in [0.4, 0.5) is 0 Å². The molecule has 0 aliphatic heterocycles. The van der Waals surface area contributed by atoms with Gasteiger partial charge in [0.2, 0.25) is 5.91 Å². The van der Waals surface area contributed by atoms with E-state index in [0.717, 1.165) is 22.1 Å². The number of carbonyl (C=O) groups excluding carboxylic acids is 1. The van der Waals surface area contributed by atoms with Crippen molar-refractivity contribution >= 4 is 16.7 Å². The molecule has 2 aromatic carbocycles. The summed E-state index contributed by atoms with van der Waals surface area (Å²) in [5, 5.41) is 5.03. The van der Waals surface area contributed by atoms with Crippen LogP contribution < -0.4 is 10.1 Å². The van der Waals surface area contributed by atoms with Crippen molar-refractivity contribution < 1.29 is 9.53 Å². The summed E-state index contributed by atoms with van der Waals surface area (Å²) >= 11 is 0. The number of carbonyl (C=O) groups is 1. The number of hydrogen-bond acceptors (Lipinski definition) is 2. The molecule has 0 saturated carbocycles. The molecule has 0 fully saturated rings. The largest absolute Gasteiger partial charge is 0.497 e. The first-order chi connectivity index (χ1) is 9.65. The molecule has 0 bridgehead atoms. The molecule has 20 heavy (non-hydrogen) atoms. The van der Waals surface area contributed by atoms with E-state index in [9.17, 15) is 4.79 Å². The SMILES string of the molecule is C=CCNC(=O)C(C)c1ccc2cc(OC)ccc2c1. The summed E-state index contributed by atoms with van der Waals surface area (Å²) in [4.78, 5) is 12.0. The average molecular weight is 269 g/mol. The fourth-order valence-corrected chi connectivity index (χ4v) is 2.12. The normalized spacial score (nSPS) is 11.9. The Labute approximate surface area is 119 Å². The van der Waals surface area contributed by atoms with Gasteiger partial charge in [-0.1, -0.05) is 30.3 Å². The Kier molecular flexibility index (Phi) is 4.41. The van der Waals surface area contributed by atoms with E-state index >= 15 is 0 Å². The third-order valence-corrected chi connectivity index (χ3v) is 3.39. The van der Waals surface area contributed by atoms with Crippen molar-refractivity contribution in [2.24, 2.45) is 0 Å². The van der Waals surface area contributed by atoms with Crippen LogP contribution in [-0.4, -0.2) is 19.6 Å². The lowest BCUT2D eigenvalue weighted by atomic mass is 9.97. The lowest BCUT2D eigenvalue weighted by Crippen LogP contribution is -2.27. The predicted molar refractivity (Wildman–Crippen MR) is 82.1 cm³/mol. The highest BCUT2D eigenvalue weighted by Gasteiger charge is 2.14. The van der Waals surface area contributed by atoms with E-state index in [0.29, 0.717) is 6.54 Å². The number of ether oxygens (including phenoxy) is 1. The average Bonchev–Trinajstić information content (AvgIpc) is 2.50. The monoisotopic (exact) mass is 269 g/mol. The van der Waals surface area contributed by atoms with Crippen molar-refractivity contribution in [3.63, 3.8) is 0 Å². The van der Waals surface area contributed by atoms with E-state index < -0.39 is 0 Å². The van der Waals surface area contributed by atoms with Crippen LogP contribution in [-0.2, 0) is 4.79 Å². The zero-order chi connectivity index (χ0) is 14.5. The molecule has 2 rings (SSSR count). The molecule has 1 atom stereocenters. The van der Waals surface area contributed by atoms with Gasteiger partial charge in [0.1, 0.15) is 5.75 Å². The van der Waals surface area contributed by atoms with Crippen LogP contribution >= 0.6 is 0 Å². The van der Waals surface area contributed by atoms with E-state index in [1.807, 2.05) is 43.3 Å². The van der Waals surface area contributed by atoms with Crippen LogP contribution in [0.2, 0.25) is 0 Å². The zero-order valence-electron chi connectivity index (χ0n) is 11.8. The first kappa shape index (κ1) is 14.1. The number of fused-ring (bicyclic) bond motifs is 1. The third-order valence-electron chi connectivity index (χ3n) is 3.39. The fraction of sp³-hybridized carbons (Fsp3) is 0.235. The van der Waals surface area contributed by atoms with Gasteiger partial charge in [-0.2, -0.15) is 0 Å². The Morgan fingerprint density at radius 3 is 2.70 bits per heavy atom. The molecule has 3 nitrogen and oxygen atoms in total. The minimum atomic E-state index is -0.179. The van der Waals surface area contributed by atoms with Gasteiger partial charge in [-0.25, -0.2) is 0 Å². The zero-order valence-corrected chi connectivity index (χ0v) is 11.8. The molecule has 1 unspecified atom stereocenters. The number of hydrogen-bond donors (Lipinski definition) is 1. The van der Waals surface area contributed by atoms with Crippen molar-refractivity contribution in [1.82, 2.24) is 5.32 Å². The quantitative estimate of drug-likeness (QED) is 0.846. The van der Waals surface area contributed by atoms with Gasteiger partial charge in [0, 0.05) is 6.54 Å². The van der Waals surface area contributed by atoms with Crippen LogP contribution in [0.3, 0.4) is 0 Å². The molecular weight excluding hydrogens is 250 g/mol. The maximum absolute atomic E-state index is 12.0. The van der Waals surface area contributed by atoms with Crippen LogP contribution in [0.1, 0.15) is 18.4 Å². The Bertz CT molecular complexity index is 634. The highest BCUT2D eigenvalue weighted by atomic mass is 16.5. The summed E-state index contributed by atoms with van der Waals surface area (Å²) in [6.07, 6.45) is 1.68. The van der Waals surface area contributed by atoms with E-state index in [1.165, 1.54) is 0 Å². The Balaban J connectivity index is 2.27. The second-order valence-corrected chi connectivity index (χ2v) is 4.73. The van der Waals surface area contributed by atoms with E-state index in [1.54, 1.807) is 13.2 Å². The molecule has 104 valence electrons. The first-order valence-corrected chi connectivity index (χ1v) is 6.62. The molecule has 0 radical (unpaired) electrons. The summed E-state index contributed by atoms with van der Waals surface area (Å²) < 4.78 is 5.21. The smallest absolute Gasteiger partial charge is 0.227 e. The molecule has 0 aliphatic carbocycles. The summed E-state index contributed by atoms with van der Waals surface area (Å²) in [6, 6.07) is 12.0. The van der Waals surface area contributed by atoms with Crippen LogP contribution in [0, 0.1) is 0 Å². The number of benzene rings is 2. The van der Waals surface area contributed by atoms with Crippen LogP contribution in [0.15, 0.2) is 49.1 Å². The van der Waals surface area contributed by atoms with Crippen molar-refractivity contribution in [2.45, 2.75) is 12.8 Å². The summed E-state index contributed by atoms with van der Waals surface area (Å²) in [7, 11) is 1.65. The van der Waals surface area contributed by atoms with Crippen LogP contribution in [0.5, 0.6) is 5.75 Å². The van der Waals surface area contributed by atoms with Gasteiger partial charge in [-0.3, -0.25) is 4.79 Å². The minimum absolute atomic E-state index is 0.0118. The molecule has 3 heteroatoms. The van der Waals surface area contributed by atoms with Gasteiger partial charge < -0.3 is 10.1 Å². The Morgan fingerprint density at radius 2 is 2.00 bits per heavy atom. The van der Waals surface area contributed by atoms with Crippen molar-refractivity contribution in [2.75, 3.05) is 13.7 Å². The summed E-state index contributed by atoms with van der Waals surface area (Å²) in [5.74, 6) is 0.668. The Morgan fingerprint density at radius 1 is 1.30 bits per heavy atom. The number of rotatable bonds is 5. The molecule has 1 amide bonds. The van der Waals surface area contributed by atoms with Crippen molar-refractivity contribution in [3.8, 4) is 5.75 Å². The second kappa shape index (κ2) is 6.24. The molecule has 0 aromatic heterocycles. The van der Waals surface area contributed by atoms with Gasteiger partial charge in [-0.15, -0.1) is 6.58 Å². The van der Waals surface area contributed by atoms with Gasteiger partial charge in [0.25, 0.3) is 0 Å². The fourth-order valence-electron chi connectivity index (χ4n) is 2.12. The lowest BCUT2D eigenvalue weighted by Gasteiger charge is -2.12. The lowest BCUT2D eigenvalue weighted by molar-refractivity contribution is -0.121. The maximum Gasteiger partial charge on any atom is 0.227 e. The molecular formula is C17H19NO2. The maximum atomic E-state index is 12.0. The molecule has 0 saturated heterocycles. The molecule has 0 spiro atoms. The first-order valence-electron chi connectivity index (χ1n) is 6.62. The number of nitrogens with one attached hydrogen (secondary N) is 1. The molecule has 0 aliphatic rings. The van der Waals surface area contributed by atoms with E-state index in [-0.39, 0.29) is 11.8 Å². The third kappa shape index (κ3) is 2.99. The number of amides is 1. The van der Waals surface area contributed by atoms with E-state index in [2.05, 4.69) is 11.9 Å². The highest BCUT2D eigenvalue weighted by Crippen LogP contribution is 2.25. The van der Waals surface area contributed by atoms with Crippen LogP contribution in [0.25, 0.3) is 10.8 Å². The molecule has 2 aromatic rings. The molecule has 1 N–H and O–H groups in total. The summed E-state index contributed by atoms with van der Waals surface area (Å²) in [5.41, 5.74) is 1.00. The highest BCUT2D eigenvalue weighted by molar-refractivity contribution is 5.88. The van der Waals surface area contributed by atoms with Gasteiger partial charge in [0.05, 0.1) is 13.0 Å². The van der Waals surface area contributed by atoms with E-state index in [4.69, 9.17) is 4.74 Å². The minimum Gasteiger partial charge on any atom is -0.497 e. The predicted octanol–water partition coefficient (Wildman–Crippen LogP) is 3.25.